The molecule has 2 aromatic heterocycles. The lowest BCUT2D eigenvalue weighted by Gasteiger charge is -2.24. The molecule has 0 saturated carbocycles. The zero-order valence-electron chi connectivity index (χ0n) is 18.1. The van der Waals surface area contributed by atoms with E-state index in [0.717, 1.165) is 28.1 Å². The molecule has 6 nitrogen and oxygen atoms in total. The number of ketones is 1. The van der Waals surface area contributed by atoms with Gasteiger partial charge in [0.05, 0.1) is 31.2 Å². The molecule has 1 aliphatic rings. The highest BCUT2D eigenvalue weighted by Gasteiger charge is 2.30. The van der Waals surface area contributed by atoms with Gasteiger partial charge in [-0.2, -0.15) is 5.10 Å². The van der Waals surface area contributed by atoms with Gasteiger partial charge in [0, 0.05) is 18.2 Å². The van der Waals surface area contributed by atoms with Crippen LogP contribution in [0.4, 0.5) is 4.39 Å². The Bertz CT molecular complexity index is 1350. The van der Waals surface area contributed by atoms with Gasteiger partial charge in [-0.15, -0.1) is 0 Å². The number of carbonyl (C=O) groups is 1. The van der Waals surface area contributed by atoms with Crippen molar-refractivity contribution in [1.82, 2.24) is 14.6 Å². The minimum atomic E-state index is -0.295. The van der Waals surface area contributed by atoms with Crippen LogP contribution in [0.2, 0.25) is 0 Å². The maximum Gasteiger partial charge on any atom is 0.166 e. The molecule has 5 rings (SSSR count). The number of carbonyl (C=O) groups excluding carboxylic acids is 1. The van der Waals surface area contributed by atoms with Gasteiger partial charge in [-0.1, -0.05) is 18.2 Å². The van der Waals surface area contributed by atoms with Crippen molar-refractivity contribution in [2.24, 2.45) is 0 Å². The van der Waals surface area contributed by atoms with Gasteiger partial charge in [0.2, 0.25) is 0 Å². The van der Waals surface area contributed by atoms with Crippen LogP contribution in [0.5, 0.6) is 11.5 Å². The molecule has 0 bridgehead atoms. The van der Waals surface area contributed by atoms with E-state index in [9.17, 15) is 9.18 Å². The first-order valence-electron chi connectivity index (χ1n) is 10.4. The van der Waals surface area contributed by atoms with Crippen molar-refractivity contribution in [2.75, 3.05) is 14.2 Å². The predicted octanol–water partition coefficient (Wildman–Crippen LogP) is 4.77. The summed E-state index contributed by atoms with van der Waals surface area (Å²) in [7, 11) is 3.20. The Labute approximate surface area is 184 Å². The number of benzene rings is 2. The van der Waals surface area contributed by atoms with Crippen LogP contribution < -0.4 is 9.47 Å². The summed E-state index contributed by atoms with van der Waals surface area (Å²) in [6.07, 6.45) is 2.67. The maximum atomic E-state index is 13.4. The number of Topliss-reactive ketones (excluding diaryl/α,β-unsaturated/α-hetero) is 1. The molecule has 0 aliphatic heterocycles. The molecule has 7 heteroatoms. The SMILES string of the molecule is COc1ccc([C@@H]2CC(=O)c3cnc4c(-c5ccc(F)cc5)c(C)nn4c3C2)cc1OC. The number of hydrogen-bond donors (Lipinski definition) is 0. The number of ether oxygens (including phenoxy) is 2. The van der Waals surface area contributed by atoms with Gasteiger partial charge in [-0.3, -0.25) is 4.79 Å². The Morgan fingerprint density at radius 2 is 1.78 bits per heavy atom. The number of aryl methyl sites for hydroxylation is 1. The number of halogens is 1. The van der Waals surface area contributed by atoms with Gasteiger partial charge in [-0.05, 0) is 54.7 Å². The number of hydrogen-bond acceptors (Lipinski definition) is 5. The smallest absolute Gasteiger partial charge is 0.166 e. The third-order valence-electron chi connectivity index (χ3n) is 6.10. The summed E-state index contributed by atoms with van der Waals surface area (Å²) < 4.78 is 26.0. The molecule has 0 radical (unpaired) electrons. The van der Waals surface area contributed by atoms with Crippen LogP contribution in [0.25, 0.3) is 16.8 Å². The highest BCUT2D eigenvalue weighted by atomic mass is 19.1. The van der Waals surface area contributed by atoms with Crippen molar-refractivity contribution >= 4 is 11.4 Å². The van der Waals surface area contributed by atoms with Gasteiger partial charge in [0.25, 0.3) is 0 Å². The van der Waals surface area contributed by atoms with E-state index in [1.165, 1.54) is 12.1 Å². The van der Waals surface area contributed by atoms with Crippen molar-refractivity contribution in [2.45, 2.75) is 25.7 Å². The third-order valence-corrected chi connectivity index (χ3v) is 6.10. The molecular formula is C25H22FN3O3. The summed E-state index contributed by atoms with van der Waals surface area (Å²) in [5.41, 5.74) is 5.56. The second-order valence-electron chi connectivity index (χ2n) is 7.96. The molecular weight excluding hydrogens is 409 g/mol. The van der Waals surface area contributed by atoms with E-state index in [1.807, 2.05) is 25.1 Å². The fraction of sp³-hybridized carbons (Fsp3) is 0.240. The van der Waals surface area contributed by atoms with Gasteiger partial charge in [0.1, 0.15) is 5.82 Å². The van der Waals surface area contributed by atoms with E-state index < -0.39 is 0 Å². The molecule has 1 aliphatic carbocycles. The van der Waals surface area contributed by atoms with Crippen LogP contribution in [0, 0.1) is 12.7 Å². The molecule has 0 unspecified atom stereocenters. The second kappa shape index (κ2) is 7.75. The average Bonchev–Trinajstić information content (AvgIpc) is 3.15. The van der Waals surface area contributed by atoms with E-state index in [1.54, 1.807) is 37.1 Å². The number of nitrogens with zero attached hydrogens (tertiary/aromatic N) is 3. The van der Waals surface area contributed by atoms with E-state index in [2.05, 4.69) is 4.98 Å². The van der Waals surface area contributed by atoms with E-state index in [4.69, 9.17) is 14.6 Å². The monoisotopic (exact) mass is 431 g/mol. The van der Waals surface area contributed by atoms with Crippen molar-refractivity contribution < 1.29 is 18.7 Å². The normalized spacial score (nSPS) is 15.6. The summed E-state index contributed by atoms with van der Waals surface area (Å²) in [6.45, 7) is 1.90. The van der Waals surface area contributed by atoms with Crippen LogP contribution in [0.1, 0.15) is 39.6 Å². The van der Waals surface area contributed by atoms with Crippen LogP contribution in [-0.2, 0) is 6.42 Å². The Kier molecular flexibility index (Phi) is 4.89. The quantitative estimate of drug-likeness (QED) is 0.466. The van der Waals surface area contributed by atoms with Crippen molar-refractivity contribution in [1.29, 1.82) is 0 Å². The molecule has 0 N–H and O–H groups in total. The molecule has 2 heterocycles. The minimum Gasteiger partial charge on any atom is -0.493 e. The molecule has 0 amide bonds. The van der Waals surface area contributed by atoms with Crippen molar-refractivity contribution in [3.05, 3.63) is 77.0 Å². The highest BCUT2D eigenvalue weighted by Crippen LogP contribution is 2.38. The number of fused-ring (bicyclic) bond motifs is 3. The lowest BCUT2D eigenvalue weighted by atomic mass is 9.82. The average molecular weight is 431 g/mol. The first kappa shape index (κ1) is 20.2. The van der Waals surface area contributed by atoms with Crippen molar-refractivity contribution in [3.8, 4) is 22.6 Å². The Hall–Kier alpha value is -3.74. The fourth-order valence-electron chi connectivity index (χ4n) is 4.50. The second-order valence-corrected chi connectivity index (χ2v) is 7.96. The Balaban J connectivity index is 1.61. The van der Waals surface area contributed by atoms with Crippen molar-refractivity contribution in [3.63, 3.8) is 0 Å². The summed E-state index contributed by atoms with van der Waals surface area (Å²) in [6, 6.07) is 12.1. The summed E-state index contributed by atoms with van der Waals surface area (Å²) in [4.78, 5) is 17.6. The molecule has 0 saturated heterocycles. The van der Waals surface area contributed by atoms with Gasteiger partial charge < -0.3 is 9.47 Å². The van der Waals surface area contributed by atoms with Crippen LogP contribution in [0.15, 0.2) is 48.7 Å². The minimum absolute atomic E-state index is 0.0146. The van der Waals surface area contributed by atoms with Crippen LogP contribution in [0.3, 0.4) is 0 Å². The first-order valence-corrected chi connectivity index (χ1v) is 10.4. The van der Waals surface area contributed by atoms with Gasteiger partial charge in [0.15, 0.2) is 22.9 Å². The summed E-state index contributed by atoms with van der Waals surface area (Å²) in [5, 5.41) is 4.71. The molecule has 162 valence electrons. The highest BCUT2D eigenvalue weighted by molar-refractivity contribution is 5.99. The van der Waals surface area contributed by atoms with E-state index in [0.29, 0.717) is 35.6 Å². The van der Waals surface area contributed by atoms with Gasteiger partial charge in [-0.25, -0.2) is 13.9 Å². The Morgan fingerprint density at radius 1 is 1.03 bits per heavy atom. The topological polar surface area (TPSA) is 65.7 Å². The summed E-state index contributed by atoms with van der Waals surface area (Å²) >= 11 is 0. The molecule has 4 aromatic rings. The van der Waals surface area contributed by atoms with Crippen LogP contribution in [-0.4, -0.2) is 34.6 Å². The van der Waals surface area contributed by atoms with E-state index in [-0.39, 0.29) is 17.5 Å². The Morgan fingerprint density at radius 3 is 2.50 bits per heavy atom. The fourth-order valence-corrected chi connectivity index (χ4v) is 4.50. The molecule has 0 spiro atoms. The summed E-state index contributed by atoms with van der Waals surface area (Å²) in [5.74, 6) is 1.02. The number of aromatic nitrogens is 3. The standard InChI is InChI=1S/C25H22FN3O3/c1-14-24(15-4-7-18(26)8-5-15)25-27-13-19-20(29(25)28-14)10-17(11-21(19)30)16-6-9-22(31-2)23(12-16)32-3/h4-9,12-13,17H,10-11H2,1-3H3/t17-/m0/s1. The first-order chi connectivity index (χ1) is 15.5. The van der Waals surface area contributed by atoms with E-state index >= 15 is 0 Å². The largest absolute Gasteiger partial charge is 0.493 e. The number of rotatable bonds is 4. The predicted molar refractivity (Wildman–Crippen MR) is 118 cm³/mol. The van der Waals surface area contributed by atoms with Gasteiger partial charge >= 0.3 is 0 Å². The lowest BCUT2D eigenvalue weighted by Crippen LogP contribution is -2.22. The lowest BCUT2D eigenvalue weighted by molar-refractivity contribution is 0.0962. The molecule has 1 atom stereocenters. The zero-order valence-corrected chi connectivity index (χ0v) is 18.1. The third kappa shape index (κ3) is 3.21. The number of methoxy groups -OCH3 is 2. The molecule has 0 fully saturated rings. The zero-order chi connectivity index (χ0) is 22.4. The molecule has 32 heavy (non-hydrogen) atoms. The molecule has 2 aromatic carbocycles. The maximum absolute atomic E-state index is 13.4. The van der Waals surface area contributed by atoms with Crippen LogP contribution >= 0.6 is 0 Å².